The summed E-state index contributed by atoms with van der Waals surface area (Å²) in [4.78, 5) is 22.7. The third-order valence-electron chi connectivity index (χ3n) is 4.15. The lowest BCUT2D eigenvalue weighted by Gasteiger charge is -2.18. The molecule has 2 aromatic carbocycles. The van der Waals surface area contributed by atoms with Gasteiger partial charge in [0.2, 0.25) is 0 Å². The Morgan fingerprint density at radius 3 is 2.25 bits per heavy atom. The maximum atomic E-state index is 12.8. The Morgan fingerprint density at radius 2 is 1.79 bits per heavy atom. The van der Waals surface area contributed by atoms with Gasteiger partial charge in [0.05, 0.1) is 15.5 Å². The third kappa shape index (κ3) is 4.02. The number of ether oxygens (including phenoxy) is 1. The molecular weight excluding hydrogens is 423 g/mol. The minimum atomic E-state index is -4.58. The van der Waals surface area contributed by atoms with Gasteiger partial charge in [-0.25, -0.2) is 4.79 Å². The van der Waals surface area contributed by atoms with E-state index in [2.05, 4.69) is 17.1 Å². The van der Waals surface area contributed by atoms with E-state index in [1.165, 1.54) is 20.8 Å². The fourth-order valence-electron chi connectivity index (χ4n) is 2.65. The summed E-state index contributed by atoms with van der Waals surface area (Å²) >= 11 is 9.30. The molecule has 0 unspecified atom stereocenters. The molecule has 28 heavy (non-hydrogen) atoms. The molecule has 11 heteroatoms. The fraction of sp³-hybridized carbons (Fsp3) is 0.235. The van der Waals surface area contributed by atoms with Crippen LogP contribution in [-0.2, 0) is 10.4 Å². The molecule has 0 saturated heterocycles. The molecule has 150 valence electrons. The van der Waals surface area contributed by atoms with Gasteiger partial charge in [-0.3, -0.25) is 10.1 Å². The van der Waals surface area contributed by atoms with Gasteiger partial charge in [0.15, 0.2) is 0 Å². The molecule has 0 spiro atoms. The Morgan fingerprint density at radius 1 is 1.18 bits per heavy atom. The molecule has 6 nitrogen and oxygen atoms in total. The number of nitro benzene ring substituents is 1. The minimum absolute atomic E-state index is 0.0403. The maximum Gasteiger partial charge on any atom is 0.416 e. The summed E-state index contributed by atoms with van der Waals surface area (Å²) in [6, 6.07) is 2.51. The van der Waals surface area contributed by atoms with Crippen LogP contribution in [0.25, 0.3) is 0 Å². The van der Waals surface area contributed by atoms with Gasteiger partial charge in [-0.2, -0.15) is 13.2 Å². The number of carbonyl (C=O) groups excluding carboxylic acids is 1. The molecule has 0 heterocycles. The van der Waals surface area contributed by atoms with Crippen LogP contribution in [0.4, 0.5) is 18.9 Å². The van der Waals surface area contributed by atoms with Gasteiger partial charge in [-0.1, -0.05) is 11.6 Å². The first-order valence-corrected chi connectivity index (χ1v) is 8.32. The highest BCUT2D eigenvalue weighted by Crippen LogP contribution is 2.42. The first kappa shape index (κ1) is 21.8. The van der Waals surface area contributed by atoms with Crippen LogP contribution in [0.15, 0.2) is 18.2 Å². The van der Waals surface area contributed by atoms with E-state index in [9.17, 15) is 28.1 Å². The average Bonchev–Trinajstić information content (AvgIpc) is 2.60. The van der Waals surface area contributed by atoms with Crippen LogP contribution < -0.4 is 4.74 Å². The zero-order chi connectivity index (χ0) is 21.4. The van der Waals surface area contributed by atoms with E-state index in [0.29, 0.717) is 11.6 Å². The molecule has 0 N–H and O–H groups in total. The number of carbonyl (C=O) groups is 1. The Hall–Kier alpha value is -2.46. The normalized spacial score (nSPS) is 11.3. The van der Waals surface area contributed by atoms with Crippen molar-refractivity contribution in [1.29, 1.82) is 0 Å². The number of rotatable bonds is 4. The van der Waals surface area contributed by atoms with Crippen molar-refractivity contribution in [1.82, 2.24) is 0 Å². The number of halogens is 4. The second kappa shape index (κ2) is 7.88. The smallest absolute Gasteiger partial charge is 0.416 e. The summed E-state index contributed by atoms with van der Waals surface area (Å²) < 4.78 is 48.3. The van der Waals surface area contributed by atoms with Gasteiger partial charge < -0.3 is 8.92 Å². The van der Waals surface area contributed by atoms with Gasteiger partial charge in [0.25, 0.3) is 5.69 Å². The number of nitro groups is 1. The second-order valence-corrected chi connectivity index (χ2v) is 6.40. The molecule has 2 aromatic rings. The van der Waals surface area contributed by atoms with Gasteiger partial charge in [-0.15, -0.1) is 0 Å². The summed E-state index contributed by atoms with van der Waals surface area (Å²) in [5, 5.41) is 11.1. The van der Waals surface area contributed by atoms with E-state index in [-0.39, 0.29) is 33.2 Å². The lowest BCUT2D eigenvalue weighted by atomic mass is 9.96. The van der Waals surface area contributed by atoms with Crippen LogP contribution in [0.5, 0.6) is 11.5 Å². The molecule has 2 rings (SSSR count). The summed E-state index contributed by atoms with van der Waals surface area (Å²) in [5.74, 6) is -1.14. The van der Waals surface area contributed by atoms with Crippen LogP contribution in [0.1, 0.15) is 32.6 Å². The topological polar surface area (TPSA) is 78.7 Å². The lowest BCUT2D eigenvalue weighted by molar-refractivity contribution is -0.385. The summed E-state index contributed by atoms with van der Waals surface area (Å²) in [6.45, 7) is 4.30. The van der Waals surface area contributed by atoms with E-state index in [0.717, 1.165) is 12.1 Å². The van der Waals surface area contributed by atoms with Crippen molar-refractivity contribution < 1.29 is 31.8 Å². The Balaban J connectivity index is 2.66. The van der Waals surface area contributed by atoms with Gasteiger partial charge in [-0.05, 0) is 39.0 Å². The van der Waals surface area contributed by atoms with Crippen molar-refractivity contribution in [3.63, 3.8) is 0 Å². The Labute approximate surface area is 168 Å². The van der Waals surface area contributed by atoms with Crippen molar-refractivity contribution in [2.24, 2.45) is 0 Å². The van der Waals surface area contributed by atoms with E-state index in [1.807, 2.05) is 0 Å². The molecule has 0 aliphatic carbocycles. The highest BCUT2D eigenvalue weighted by molar-refractivity contribution is 7.75. The molecule has 0 fully saturated rings. The summed E-state index contributed by atoms with van der Waals surface area (Å²) in [7, 11) is 0. The van der Waals surface area contributed by atoms with Crippen molar-refractivity contribution in [3.8, 4) is 11.5 Å². The average molecular weight is 436 g/mol. The van der Waals surface area contributed by atoms with Crippen LogP contribution in [-0.4, -0.2) is 10.9 Å². The summed E-state index contributed by atoms with van der Waals surface area (Å²) in [5.41, 5.74) is -1.30. The van der Waals surface area contributed by atoms with E-state index >= 15 is 0 Å². The van der Waals surface area contributed by atoms with Crippen LogP contribution in [0.3, 0.4) is 0 Å². The monoisotopic (exact) mass is 435 g/mol. The van der Waals surface area contributed by atoms with Gasteiger partial charge in [0.1, 0.15) is 17.1 Å². The van der Waals surface area contributed by atoms with Crippen molar-refractivity contribution in [2.45, 2.75) is 26.9 Å². The number of hydrogen-bond donors (Lipinski definition) is 1. The van der Waals surface area contributed by atoms with Crippen molar-refractivity contribution in [3.05, 3.63) is 61.2 Å². The molecule has 0 aliphatic heterocycles. The third-order valence-corrected chi connectivity index (χ3v) is 4.61. The first-order valence-electron chi connectivity index (χ1n) is 7.58. The Bertz CT molecular complexity index is 978. The fourth-order valence-corrected chi connectivity index (χ4v) is 2.96. The SMILES string of the molecule is Cc1c(C)c([N+](=O)[O-])c(C(=O)OS)c(C)c1Oc1ccc(C(F)(F)F)cc1Cl. The number of alkyl halides is 3. The van der Waals surface area contributed by atoms with Gasteiger partial charge in [0, 0.05) is 29.6 Å². The van der Waals surface area contributed by atoms with E-state index < -0.39 is 28.3 Å². The second-order valence-electron chi connectivity index (χ2n) is 5.81. The van der Waals surface area contributed by atoms with E-state index in [4.69, 9.17) is 16.3 Å². The largest absolute Gasteiger partial charge is 0.455 e. The van der Waals surface area contributed by atoms with Gasteiger partial charge >= 0.3 is 12.1 Å². The Kier molecular flexibility index (Phi) is 6.15. The maximum absolute atomic E-state index is 12.8. The molecule has 0 aliphatic rings. The molecule has 0 aromatic heterocycles. The minimum Gasteiger partial charge on any atom is -0.455 e. The zero-order valence-electron chi connectivity index (χ0n) is 14.7. The molecule has 0 amide bonds. The highest BCUT2D eigenvalue weighted by Gasteiger charge is 2.33. The number of nitrogens with zero attached hydrogens (tertiary/aromatic N) is 1. The van der Waals surface area contributed by atoms with Crippen LogP contribution in [0, 0.1) is 30.9 Å². The summed E-state index contributed by atoms with van der Waals surface area (Å²) in [6.07, 6.45) is -4.58. The van der Waals surface area contributed by atoms with Crippen LogP contribution in [0.2, 0.25) is 5.02 Å². The number of benzene rings is 2. The zero-order valence-corrected chi connectivity index (χ0v) is 16.3. The molecule has 0 saturated carbocycles. The van der Waals surface area contributed by atoms with Crippen molar-refractivity contribution in [2.75, 3.05) is 0 Å². The highest BCUT2D eigenvalue weighted by atomic mass is 35.5. The molecule has 0 radical (unpaired) electrons. The molecule has 0 bridgehead atoms. The number of hydrogen-bond acceptors (Lipinski definition) is 6. The molecular formula is C17H13ClF3NO5S. The van der Waals surface area contributed by atoms with E-state index in [1.54, 1.807) is 0 Å². The quantitative estimate of drug-likeness (QED) is 0.276. The lowest BCUT2D eigenvalue weighted by Crippen LogP contribution is -2.11. The standard InChI is InChI=1S/C17H13ClF3NO5S/c1-7-8(2)15(9(3)13(16(23)27-28)14(7)22(24)25)26-12-5-4-10(6-11(12)18)17(19,20)21/h4-6,28H,1-3H3. The molecule has 0 atom stereocenters. The predicted octanol–water partition coefficient (Wildman–Crippen LogP) is 5.99. The van der Waals surface area contributed by atoms with Crippen molar-refractivity contribution >= 4 is 36.2 Å². The number of thiol groups is 1. The predicted molar refractivity (Wildman–Crippen MR) is 98.2 cm³/mol. The first-order chi connectivity index (χ1) is 12.9. The van der Waals surface area contributed by atoms with Crippen LogP contribution >= 0.6 is 24.5 Å².